The summed E-state index contributed by atoms with van der Waals surface area (Å²) in [6.45, 7) is -0.964. The van der Waals surface area contributed by atoms with Gasteiger partial charge in [0.1, 0.15) is 12.4 Å². The Bertz CT molecular complexity index is 374. The van der Waals surface area contributed by atoms with Crippen LogP contribution >= 0.6 is 0 Å². The van der Waals surface area contributed by atoms with Gasteiger partial charge in [-0.1, -0.05) is 0 Å². The van der Waals surface area contributed by atoms with Crippen molar-refractivity contribution in [2.75, 3.05) is 17.2 Å². The highest BCUT2D eigenvalue weighted by atomic mass is 19.4. The van der Waals surface area contributed by atoms with Crippen LogP contribution in [0.3, 0.4) is 0 Å². The maximum atomic E-state index is 12.4. The Labute approximate surface area is 91.1 Å². The van der Waals surface area contributed by atoms with Crippen LogP contribution in [0.4, 0.5) is 24.7 Å². The lowest BCUT2D eigenvalue weighted by atomic mass is 10.3. The van der Waals surface area contributed by atoms with Crippen LogP contribution in [0.15, 0.2) is 18.3 Å². The molecule has 0 spiro atoms. The van der Waals surface area contributed by atoms with Crippen molar-refractivity contribution in [1.82, 2.24) is 4.98 Å². The van der Waals surface area contributed by atoms with Gasteiger partial charge in [-0.25, -0.2) is 4.98 Å². The van der Waals surface area contributed by atoms with Gasteiger partial charge in [-0.15, -0.1) is 0 Å². The number of hydrogen-bond donors (Lipinski definition) is 1. The van der Waals surface area contributed by atoms with Crippen molar-refractivity contribution in [3.05, 3.63) is 18.3 Å². The molecule has 2 N–H and O–H groups in total. The molecule has 3 nitrogen and oxygen atoms in total. The van der Waals surface area contributed by atoms with E-state index >= 15 is 0 Å². The monoisotopic (exact) mass is 231 g/mol. The number of hydrogen-bond acceptors (Lipinski definition) is 3. The number of nitrogens with two attached hydrogens (primary N) is 1. The molecule has 1 fully saturated rings. The first kappa shape index (κ1) is 11.0. The summed E-state index contributed by atoms with van der Waals surface area (Å²) in [4.78, 5) is 5.21. The van der Waals surface area contributed by atoms with Crippen LogP contribution in [0.5, 0.6) is 0 Å². The second-order valence-electron chi connectivity index (χ2n) is 3.92. The molecule has 0 unspecified atom stereocenters. The summed E-state index contributed by atoms with van der Waals surface area (Å²) in [5, 5.41) is 0. The smallest absolute Gasteiger partial charge is 0.399 e. The highest BCUT2D eigenvalue weighted by Crippen LogP contribution is 2.33. The first-order chi connectivity index (χ1) is 7.46. The van der Waals surface area contributed by atoms with E-state index < -0.39 is 12.7 Å². The minimum absolute atomic E-state index is 0.0454. The van der Waals surface area contributed by atoms with Gasteiger partial charge in [-0.05, 0) is 18.9 Å². The van der Waals surface area contributed by atoms with Crippen LogP contribution in [-0.4, -0.2) is 23.7 Å². The minimum Gasteiger partial charge on any atom is -0.399 e. The quantitative estimate of drug-likeness (QED) is 0.867. The van der Waals surface area contributed by atoms with E-state index in [-0.39, 0.29) is 6.04 Å². The van der Waals surface area contributed by atoms with Crippen LogP contribution in [-0.2, 0) is 0 Å². The van der Waals surface area contributed by atoms with E-state index in [9.17, 15) is 13.2 Å². The normalized spacial score (nSPS) is 16.2. The van der Waals surface area contributed by atoms with Crippen molar-refractivity contribution in [1.29, 1.82) is 0 Å². The first-order valence-electron chi connectivity index (χ1n) is 5.00. The Kier molecular flexibility index (Phi) is 2.65. The summed E-state index contributed by atoms with van der Waals surface area (Å²) in [7, 11) is 0. The topological polar surface area (TPSA) is 42.1 Å². The fraction of sp³-hybridized carbons (Fsp3) is 0.500. The highest BCUT2D eigenvalue weighted by molar-refractivity contribution is 5.51. The molecule has 0 amide bonds. The van der Waals surface area contributed by atoms with Crippen LogP contribution in [0.2, 0.25) is 0 Å². The lowest BCUT2D eigenvalue weighted by Crippen LogP contribution is -2.36. The van der Waals surface area contributed by atoms with E-state index in [0.29, 0.717) is 11.5 Å². The predicted octanol–water partition coefficient (Wildman–Crippen LogP) is 2.19. The predicted molar refractivity (Wildman–Crippen MR) is 55.1 cm³/mol. The summed E-state index contributed by atoms with van der Waals surface area (Å²) in [6, 6.07) is 2.99. The molecule has 0 aromatic carbocycles. The van der Waals surface area contributed by atoms with Crippen LogP contribution in [0, 0.1) is 0 Å². The lowest BCUT2D eigenvalue weighted by Gasteiger charge is -2.24. The van der Waals surface area contributed by atoms with Gasteiger partial charge >= 0.3 is 6.18 Å². The van der Waals surface area contributed by atoms with E-state index in [4.69, 9.17) is 5.73 Å². The zero-order chi connectivity index (χ0) is 11.8. The molecule has 0 atom stereocenters. The Balaban J connectivity index is 2.19. The molecule has 0 radical (unpaired) electrons. The van der Waals surface area contributed by atoms with Gasteiger partial charge in [0.15, 0.2) is 0 Å². The average molecular weight is 231 g/mol. The third kappa shape index (κ3) is 2.77. The molecule has 88 valence electrons. The maximum Gasteiger partial charge on any atom is 0.405 e. The van der Waals surface area contributed by atoms with Crippen molar-refractivity contribution in [2.45, 2.75) is 25.1 Å². The van der Waals surface area contributed by atoms with Gasteiger partial charge in [-0.2, -0.15) is 13.2 Å². The van der Waals surface area contributed by atoms with Crippen molar-refractivity contribution >= 4 is 11.5 Å². The summed E-state index contributed by atoms with van der Waals surface area (Å²) in [5.41, 5.74) is 5.96. The maximum absolute atomic E-state index is 12.4. The number of rotatable bonds is 3. The Morgan fingerprint density at radius 3 is 2.62 bits per heavy atom. The molecule has 1 saturated carbocycles. The molecule has 6 heteroatoms. The third-order valence-corrected chi connectivity index (χ3v) is 2.40. The number of aromatic nitrogens is 1. The van der Waals surface area contributed by atoms with Gasteiger partial charge in [0.2, 0.25) is 0 Å². The lowest BCUT2D eigenvalue weighted by molar-refractivity contribution is -0.120. The largest absolute Gasteiger partial charge is 0.405 e. The zero-order valence-electron chi connectivity index (χ0n) is 8.54. The Morgan fingerprint density at radius 1 is 1.44 bits per heavy atom. The molecule has 1 aromatic heterocycles. The van der Waals surface area contributed by atoms with E-state index in [2.05, 4.69) is 4.98 Å². The number of alkyl halides is 3. The van der Waals surface area contributed by atoms with Crippen LogP contribution < -0.4 is 10.6 Å². The summed E-state index contributed by atoms with van der Waals surface area (Å²) in [6.07, 6.45) is -1.22. The third-order valence-electron chi connectivity index (χ3n) is 2.40. The SMILES string of the molecule is Nc1ccnc(N(CC(F)(F)F)C2CC2)c1. The highest BCUT2D eigenvalue weighted by Gasteiger charge is 2.38. The number of halogens is 3. The molecule has 1 aliphatic rings. The van der Waals surface area contributed by atoms with Crippen LogP contribution in [0.1, 0.15) is 12.8 Å². The summed E-state index contributed by atoms with van der Waals surface area (Å²) in [5.74, 6) is 0.305. The molecular weight excluding hydrogens is 219 g/mol. The van der Waals surface area contributed by atoms with Crippen molar-refractivity contribution in [3.63, 3.8) is 0 Å². The standard InChI is InChI=1S/C10H12F3N3/c11-10(12,13)6-16(8-1-2-8)9-5-7(14)3-4-15-9/h3-5,8H,1-2,6H2,(H2,14,15). The number of anilines is 2. The molecule has 0 saturated heterocycles. The second kappa shape index (κ2) is 3.84. The van der Waals surface area contributed by atoms with E-state index in [1.54, 1.807) is 6.07 Å². The number of pyridine rings is 1. The van der Waals surface area contributed by atoms with E-state index in [1.165, 1.54) is 17.2 Å². The Morgan fingerprint density at radius 2 is 2.12 bits per heavy atom. The van der Waals surface area contributed by atoms with Crippen LogP contribution in [0.25, 0.3) is 0 Å². The van der Waals surface area contributed by atoms with Gasteiger partial charge in [0.25, 0.3) is 0 Å². The molecule has 16 heavy (non-hydrogen) atoms. The average Bonchev–Trinajstić information content (AvgIpc) is 2.96. The summed E-state index contributed by atoms with van der Waals surface area (Å²) >= 11 is 0. The van der Waals surface area contributed by atoms with Gasteiger partial charge in [0.05, 0.1) is 0 Å². The molecule has 1 aliphatic carbocycles. The Hall–Kier alpha value is -1.46. The first-order valence-corrected chi connectivity index (χ1v) is 5.00. The molecule has 0 bridgehead atoms. The van der Waals surface area contributed by atoms with Crippen molar-refractivity contribution in [2.24, 2.45) is 0 Å². The molecule has 1 heterocycles. The number of nitrogen functional groups attached to an aromatic ring is 1. The second-order valence-corrected chi connectivity index (χ2v) is 3.92. The van der Waals surface area contributed by atoms with Crippen molar-refractivity contribution in [3.8, 4) is 0 Å². The fourth-order valence-electron chi connectivity index (χ4n) is 1.57. The molecular formula is C10H12F3N3. The van der Waals surface area contributed by atoms with Gasteiger partial charge in [0, 0.05) is 24.0 Å². The number of nitrogens with zero attached hydrogens (tertiary/aromatic N) is 2. The van der Waals surface area contributed by atoms with Crippen molar-refractivity contribution < 1.29 is 13.2 Å². The minimum atomic E-state index is -4.21. The van der Waals surface area contributed by atoms with Gasteiger partial charge in [-0.3, -0.25) is 0 Å². The molecule has 1 aromatic rings. The van der Waals surface area contributed by atoms with Gasteiger partial charge < -0.3 is 10.6 Å². The fourth-order valence-corrected chi connectivity index (χ4v) is 1.57. The van der Waals surface area contributed by atoms with E-state index in [1.807, 2.05) is 0 Å². The molecule has 0 aliphatic heterocycles. The summed E-state index contributed by atoms with van der Waals surface area (Å²) < 4.78 is 37.1. The zero-order valence-corrected chi connectivity index (χ0v) is 8.54. The molecule has 2 rings (SSSR count). The van der Waals surface area contributed by atoms with E-state index in [0.717, 1.165) is 12.8 Å².